The number of nitrogens with zero attached hydrogens (tertiary/aromatic N) is 4. The minimum absolute atomic E-state index is 0.635. The summed E-state index contributed by atoms with van der Waals surface area (Å²) in [5.74, 6) is 1.95. The second kappa shape index (κ2) is 11.6. The van der Waals surface area contributed by atoms with Crippen molar-refractivity contribution in [3.8, 4) is 45.4 Å². The van der Waals surface area contributed by atoms with E-state index in [0.29, 0.717) is 17.5 Å². The summed E-state index contributed by atoms with van der Waals surface area (Å²) in [6, 6.07) is 55.5. The van der Waals surface area contributed by atoms with Crippen LogP contribution in [-0.4, -0.2) is 19.9 Å². The molecule has 6 heteroatoms. The van der Waals surface area contributed by atoms with Gasteiger partial charge in [-0.1, -0.05) is 133 Å². The van der Waals surface area contributed by atoms with Crippen LogP contribution in [0.15, 0.2) is 158 Å². The molecule has 0 radical (unpaired) electrons. The van der Waals surface area contributed by atoms with Crippen molar-refractivity contribution < 1.29 is 0 Å². The largest absolute Gasteiger partial charge is 0.236 e. The first-order valence-corrected chi connectivity index (χ1v) is 18.9. The number of thiophene rings is 2. The molecule has 0 unspecified atom stereocenters. The van der Waals surface area contributed by atoms with Crippen LogP contribution in [0.25, 0.3) is 107 Å². The third-order valence-electron chi connectivity index (χ3n) is 9.95. The van der Waals surface area contributed by atoms with Crippen LogP contribution in [0.3, 0.4) is 0 Å². The number of hydrogen-bond acceptors (Lipinski definition) is 6. The van der Waals surface area contributed by atoms with Gasteiger partial charge < -0.3 is 0 Å². The molecule has 4 heterocycles. The topological polar surface area (TPSA) is 51.6 Å². The van der Waals surface area contributed by atoms with E-state index in [1.807, 2.05) is 0 Å². The van der Waals surface area contributed by atoms with Crippen molar-refractivity contribution in [1.29, 1.82) is 0 Å². The minimum Gasteiger partial charge on any atom is -0.236 e. The molecule has 4 nitrogen and oxygen atoms in total. The van der Waals surface area contributed by atoms with E-state index < -0.39 is 0 Å². The summed E-state index contributed by atoms with van der Waals surface area (Å²) in [4.78, 5) is 21.8. The first kappa shape index (κ1) is 29.4. The average molecular weight is 699 g/mol. The highest BCUT2D eigenvalue weighted by Crippen LogP contribution is 2.42. The van der Waals surface area contributed by atoms with E-state index >= 15 is 0 Å². The van der Waals surface area contributed by atoms with Crippen LogP contribution in [0.1, 0.15) is 0 Å². The molecular weight excluding hydrogens is 673 g/mol. The number of aromatic nitrogens is 4. The van der Waals surface area contributed by atoms with E-state index in [1.54, 1.807) is 22.7 Å². The van der Waals surface area contributed by atoms with Gasteiger partial charge in [0.1, 0.15) is 4.83 Å². The second-order valence-corrected chi connectivity index (χ2v) is 15.1. The van der Waals surface area contributed by atoms with Crippen molar-refractivity contribution >= 4 is 84.7 Å². The van der Waals surface area contributed by atoms with Crippen LogP contribution < -0.4 is 0 Å². The molecule has 0 bridgehead atoms. The Morgan fingerprint density at radius 1 is 0.365 bits per heavy atom. The lowest BCUT2D eigenvalue weighted by Gasteiger charge is -2.11. The van der Waals surface area contributed by atoms with E-state index in [0.717, 1.165) is 43.6 Å². The van der Waals surface area contributed by atoms with Gasteiger partial charge in [0.2, 0.25) is 0 Å². The number of hydrogen-bond donors (Lipinski definition) is 0. The zero-order valence-corrected chi connectivity index (χ0v) is 29.2. The maximum Gasteiger partial charge on any atom is 0.165 e. The summed E-state index contributed by atoms with van der Waals surface area (Å²) in [5, 5.41) is 9.64. The number of fused-ring (bicyclic) bond motifs is 9. The van der Waals surface area contributed by atoms with Crippen LogP contribution in [-0.2, 0) is 0 Å². The average Bonchev–Trinajstić information content (AvgIpc) is 3.79. The number of benzene rings is 7. The molecular formula is C46H26N4S2. The summed E-state index contributed by atoms with van der Waals surface area (Å²) in [6.07, 6.45) is 0. The molecule has 0 N–H and O–H groups in total. The lowest BCUT2D eigenvalue weighted by molar-refractivity contribution is 1.08. The third kappa shape index (κ3) is 4.65. The minimum atomic E-state index is 0.635. The van der Waals surface area contributed by atoms with Gasteiger partial charge in [-0.05, 0) is 40.4 Å². The van der Waals surface area contributed by atoms with E-state index in [-0.39, 0.29) is 0 Å². The molecule has 0 fully saturated rings. The predicted octanol–water partition coefficient (Wildman–Crippen LogP) is 13.0. The molecule has 0 saturated carbocycles. The van der Waals surface area contributed by atoms with Crippen molar-refractivity contribution in [3.63, 3.8) is 0 Å². The summed E-state index contributed by atoms with van der Waals surface area (Å²) < 4.78 is 3.68. The van der Waals surface area contributed by atoms with E-state index in [4.69, 9.17) is 19.9 Å². The molecule has 0 amide bonds. The first-order valence-electron chi connectivity index (χ1n) is 17.2. The lowest BCUT2D eigenvalue weighted by Crippen LogP contribution is -2.00. The Labute approximate surface area is 306 Å². The molecule has 0 atom stereocenters. The standard InChI is InChI=1S/C46H26N4S2/c1-2-11-30-26-31(25-20-27(30)10-1)44-48-43(49-45(50-44)37-17-9-16-35-32-12-5-7-18-38(32)51-42(35)37)29-23-21-28(22-24-29)41-34-14-4-3-13-33(34)40-36-15-6-8-19-39(36)52-46(40)47-41/h1-26H. The maximum absolute atomic E-state index is 5.27. The quantitative estimate of drug-likeness (QED) is 0.184. The van der Waals surface area contributed by atoms with Crippen molar-refractivity contribution in [2.75, 3.05) is 0 Å². The molecule has 4 aromatic heterocycles. The highest BCUT2D eigenvalue weighted by Gasteiger charge is 2.18. The van der Waals surface area contributed by atoms with Gasteiger partial charge in [-0.2, -0.15) is 0 Å². The molecule has 7 aromatic carbocycles. The summed E-state index contributed by atoms with van der Waals surface area (Å²) >= 11 is 3.53. The van der Waals surface area contributed by atoms with Gasteiger partial charge in [0.25, 0.3) is 0 Å². The third-order valence-corrected chi connectivity index (χ3v) is 12.2. The Hall–Kier alpha value is -6.34. The molecule has 52 heavy (non-hydrogen) atoms. The Kier molecular flexibility index (Phi) is 6.56. The molecule has 0 aliphatic heterocycles. The Balaban J connectivity index is 1.08. The first-order chi connectivity index (χ1) is 25.7. The summed E-state index contributed by atoms with van der Waals surface area (Å²) in [5.41, 5.74) is 4.92. The van der Waals surface area contributed by atoms with Crippen LogP contribution in [0.5, 0.6) is 0 Å². The van der Waals surface area contributed by atoms with Crippen molar-refractivity contribution in [1.82, 2.24) is 19.9 Å². The highest BCUT2D eigenvalue weighted by molar-refractivity contribution is 7.26. The van der Waals surface area contributed by atoms with Crippen LogP contribution >= 0.6 is 22.7 Å². The SMILES string of the molecule is c1ccc2cc(-c3nc(-c4ccc(-c5nc6sc7ccccc7c6c6ccccc56)cc4)nc(-c4cccc5c4sc4ccccc45)n3)ccc2c1. The van der Waals surface area contributed by atoms with Crippen molar-refractivity contribution in [2.45, 2.75) is 0 Å². The molecule has 0 saturated heterocycles. The Morgan fingerprint density at radius 2 is 0.962 bits per heavy atom. The fourth-order valence-electron chi connectivity index (χ4n) is 7.44. The Morgan fingerprint density at radius 3 is 1.79 bits per heavy atom. The van der Waals surface area contributed by atoms with Gasteiger partial charge >= 0.3 is 0 Å². The zero-order chi connectivity index (χ0) is 34.2. The summed E-state index contributed by atoms with van der Waals surface area (Å²) in [7, 11) is 0. The van der Waals surface area contributed by atoms with E-state index in [9.17, 15) is 0 Å². The van der Waals surface area contributed by atoms with Crippen LogP contribution in [0.4, 0.5) is 0 Å². The number of rotatable bonds is 4. The van der Waals surface area contributed by atoms with Gasteiger partial charge in [-0.3, -0.25) is 0 Å². The predicted molar refractivity (Wildman–Crippen MR) is 220 cm³/mol. The number of pyridine rings is 1. The monoisotopic (exact) mass is 698 g/mol. The van der Waals surface area contributed by atoms with Crippen LogP contribution in [0.2, 0.25) is 0 Å². The summed E-state index contributed by atoms with van der Waals surface area (Å²) in [6.45, 7) is 0. The molecule has 0 aliphatic carbocycles. The van der Waals surface area contributed by atoms with Gasteiger partial charge in [-0.15, -0.1) is 22.7 Å². The Bertz CT molecular complexity index is 3200. The van der Waals surface area contributed by atoms with Crippen LogP contribution in [0, 0.1) is 0 Å². The van der Waals surface area contributed by atoms with Gasteiger partial charge in [0.05, 0.1) is 5.69 Å². The van der Waals surface area contributed by atoms with E-state index in [1.165, 1.54) is 46.4 Å². The molecule has 11 rings (SSSR count). The lowest BCUT2D eigenvalue weighted by atomic mass is 10.00. The molecule has 0 spiro atoms. The maximum atomic E-state index is 5.27. The molecule has 11 aromatic rings. The molecule has 0 aliphatic rings. The fraction of sp³-hybridized carbons (Fsp3) is 0. The van der Waals surface area contributed by atoms with Gasteiger partial charge in [0.15, 0.2) is 17.5 Å². The highest BCUT2D eigenvalue weighted by atomic mass is 32.1. The zero-order valence-electron chi connectivity index (χ0n) is 27.6. The van der Waals surface area contributed by atoms with Crippen molar-refractivity contribution in [3.05, 3.63) is 158 Å². The van der Waals surface area contributed by atoms with E-state index in [2.05, 4.69) is 158 Å². The second-order valence-electron chi connectivity index (χ2n) is 13.0. The van der Waals surface area contributed by atoms with Crippen molar-refractivity contribution in [2.24, 2.45) is 0 Å². The molecule has 242 valence electrons. The fourth-order valence-corrected chi connectivity index (χ4v) is 9.75. The van der Waals surface area contributed by atoms with Gasteiger partial charge in [0, 0.05) is 63.3 Å². The normalized spacial score (nSPS) is 11.8. The smallest absolute Gasteiger partial charge is 0.165 e. The van der Waals surface area contributed by atoms with Gasteiger partial charge in [-0.25, -0.2) is 19.9 Å².